The van der Waals surface area contributed by atoms with Crippen molar-refractivity contribution in [3.8, 4) is 0 Å². The summed E-state index contributed by atoms with van der Waals surface area (Å²) >= 11 is 0. The quantitative estimate of drug-likeness (QED) is 0.639. The van der Waals surface area contributed by atoms with Gasteiger partial charge in [0.2, 0.25) is 5.91 Å². The van der Waals surface area contributed by atoms with Gasteiger partial charge in [0, 0.05) is 13.1 Å². The second-order valence-corrected chi connectivity index (χ2v) is 5.95. The summed E-state index contributed by atoms with van der Waals surface area (Å²) in [4.78, 5) is 35.4. The Hall–Kier alpha value is -2.45. The van der Waals surface area contributed by atoms with Crippen LogP contribution in [0.3, 0.4) is 0 Å². The van der Waals surface area contributed by atoms with Gasteiger partial charge in [-0.25, -0.2) is 0 Å². The van der Waals surface area contributed by atoms with Crippen LogP contribution in [-0.4, -0.2) is 49.7 Å². The molecule has 22 heavy (non-hydrogen) atoms. The van der Waals surface area contributed by atoms with Gasteiger partial charge in [-0.3, -0.25) is 9.59 Å². The summed E-state index contributed by atoms with van der Waals surface area (Å²) in [6, 6.07) is 1.23. The SMILES string of the molecule is O=C(Cn1ccc([N+](=O)[O-])n1)N1C[C@@H]2CCC[C@@]2(C(=O)O)C1. The van der Waals surface area contributed by atoms with E-state index in [0.29, 0.717) is 13.0 Å². The molecule has 0 unspecified atom stereocenters. The number of aliphatic carboxylic acids is 1. The van der Waals surface area contributed by atoms with Gasteiger partial charge in [0.1, 0.15) is 6.54 Å². The average molecular weight is 308 g/mol. The Labute approximate surface area is 125 Å². The lowest BCUT2D eigenvalue weighted by atomic mass is 9.81. The summed E-state index contributed by atoms with van der Waals surface area (Å²) in [6.45, 7) is 0.542. The number of nitro groups is 1. The molecule has 1 amide bonds. The predicted molar refractivity (Wildman–Crippen MR) is 72.9 cm³/mol. The van der Waals surface area contributed by atoms with E-state index in [-0.39, 0.29) is 30.7 Å². The van der Waals surface area contributed by atoms with Crippen molar-refractivity contribution in [3.63, 3.8) is 0 Å². The molecule has 1 aromatic heterocycles. The molecule has 1 N–H and O–H groups in total. The van der Waals surface area contributed by atoms with E-state index >= 15 is 0 Å². The number of carboxylic acid groups (broad SMARTS) is 1. The molecule has 1 aliphatic carbocycles. The Kier molecular flexibility index (Phi) is 3.34. The summed E-state index contributed by atoms with van der Waals surface area (Å²) in [5, 5.41) is 23.8. The highest BCUT2D eigenvalue weighted by molar-refractivity contribution is 5.81. The fraction of sp³-hybridized carbons (Fsp3) is 0.615. The second kappa shape index (κ2) is 5.08. The Morgan fingerprint density at radius 3 is 2.91 bits per heavy atom. The number of fused-ring (bicyclic) bond motifs is 1. The molecule has 2 heterocycles. The van der Waals surface area contributed by atoms with Crippen LogP contribution in [0.25, 0.3) is 0 Å². The zero-order valence-corrected chi connectivity index (χ0v) is 11.8. The molecule has 2 fully saturated rings. The van der Waals surface area contributed by atoms with Crippen molar-refractivity contribution >= 4 is 17.7 Å². The number of carbonyl (C=O) groups excluding carboxylic acids is 1. The molecule has 9 heteroatoms. The van der Waals surface area contributed by atoms with Crippen molar-refractivity contribution in [1.29, 1.82) is 0 Å². The summed E-state index contributed by atoms with van der Waals surface area (Å²) in [7, 11) is 0. The second-order valence-electron chi connectivity index (χ2n) is 5.95. The van der Waals surface area contributed by atoms with Crippen LogP contribution in [0, 0.1) is 21.4 Å². The van der Waals surface area contributed by atoms with Gasteiger partial charge >= 0.3 is 11.8 Å². The van der Waals surface area contributed by atoms with Crippen molar-refractivity contribution in [2.45, 2.75) is 25.8 Å². The van der Waals surface area contributed by atoms with Gasteiger partial charge in [0.25, 0.3) is 0 Å². The van der Waals surface area contributed by atoms with Crippen molar-refractivity contribution in [1.82, 2.24) is 14.7 Å². The van der Waals surface area contributed by atoms with Crippen LogP contribution >= 0.6 is 0 Å². The molecule has 0 spiro atoms. The molecule has 1 saturated heterocycles. The molecule has 1 aromatic rings. The number of hydrogen-bond acceptors (Lipinski definition) is 5. The molecule has 0 aromatic carbocycles. The van der Waals surface area contributed by atoms with Crippen molar-refractivity contribution in [2.24, 2.45) is 11.3 Å². The third-order valence-corrected chi connectivity index (χ3v) is 4.76. The number of carbonyl (C=O) groups is 2. The first-order valence-corrected chi connectivity index (χ1v) is 7.11. The van der Waals surface area contributed by atoms with Gasteiger partial charge in [0.05, 0.1) is 22.8 Å². The van der Waals surface area contributed by atoms with Crippen LogP contribution in [-0.2, 0) is 16.1 Å². The maximum atomic E-state index is 12.3. The first-order valence-electron chi connectivity index (χ1n) is 7.11. The summed E-state index contributed by atoms with van der Waals surface area (Å²) < 4.78 is 1.21. The normalized spacial score (nSPS) is 26.9. The molecule has 2 aliphatic rings. The Morgan fingerprint density at radius 1 is 1.55 bits per heavy atom. The lowest BCUT2D eigenvalue weighted by Crippen LogP contribution is -2.38. The number of hydrogen-bond donors (Lipinski definition) is 1. The highest BCUT2D eigenvalue weighted by Crippen LogP contribution is 2.48. The van der Waals surface area contributed by atoms with Crippen LogP contribution in [0.5, 0.6) is 0 Å². The van der Waals surface area contributed by atoms with Gasteiger partial charge in [-0.15, -0.1) is 0 Å². The van der Waals surface area contributed by atoms with Gasteiger partial charge in [-0.1, -0.05) is 6.42 Å². The maximum Gasteiger partial charge on any atom is 0.389 e. The van der Waals surface area contributed by atoms with Gasteiger partial charge < -0.3 is 20.1 Å². The molecular weight excluding hydrogens is 292 g/mol. The molecule has 118 valence electrons. The average Bonchev–Trinajstić information content (AvgIpc) is 3.10. The van der Waals surface area contributed by atoms with E-state index in [1.165, 1.54) is 16.9 Å². The van der Waals surface area contributed by atoms with Crippen LogP contribution < -0.4 is 0 Å². The molecule has 1 saturated carbocycles. The summed E-state index contributed by atoms with van der Waals surface area (Å²) in [6.07, 6.45) is 3.68. The van der Waals surface area contributed by atoms with E-state index in [9.17, 15) is 24.8 Å². The van der Waals surface area contributed by atoms with Gasteiger partial charge in [-0.05, 0) is 23.7 Å². The number of amides is 1. The molecule has 1 aliphatic heterocycles. The number of likely N-dealkylation sites (tertiary alicyclic amines) is 1. The fourth-order valence-corrected chi connectivity index (χ4v) is 3.60. The topological polar surface area (TPSA) is 119 Å². The standard InChI is InChI=1S/C13H16N4O5/c18-11(7-16-5-3-10(14-16)17(21)22)15-6-9-2-1-4-13(9,8-15)12(19)20/h3,5,9H,1-2,4,6-8H2,(H,19,20)/t9-,13+/m0/s1. The first-order chi connectivity index (χ1) is 10.4. The number of carboxylic acids is 1. The molecule has 3 rings (SSSR count). The Morgan fingerprint density at radius 2 is 2.32 bits per heavy atom. The van der Waals surface area contributed by atoms with Gasteiger partial charge in [0.15, 0.2) is 0 Å². The van der Waals surface area contributed by atoms with Crippen LogP contribution in [0.15, 0.2) is 12.3 Å². The van der Waals surface area contributed by atoms with E-state index < -0.39 is 16.3 Å². The lowest BCUT2D eigenvalue weighted by molar-refractivity contribution is -0.389. The number of nitrogens with zero attached hydrogens (tertiary/aromatic N) is 4. The highest BCUT2D eigenvalue weighted by Gasteiger charge is 2.55. The Balaban J connectivity index is 1.69. The smallest absolute Gasteiger partial charge is 0.389 e. The monoisotopic (exact) mass is 308 g/mol. The molecule has 2 atom stereocenters. The predicted octanol–water partition coefficient (Wildman–Crippen LogP) is 0.505. The van der Waals surface area contributed by atoms with E-state index in [1.807, 2.05) is 0 Å². The third-order valence-electron chi connectivity index (χ3n) is 4.76. The van der Waals surface area contributed by atoms with Crippen molar-refractivity contribution in [3.05, 3.63) is 22.4 Å². The zero-order chi connectivity index (χ0) is 15.9. The van der Waals surface area contributed by atoms with E-state index in [0.717, 1.165) is 12.8 Å². The van der Waals surface area contributed by atoms with Crippen LogP contribution in [0.1, 0.15) is 19.3 Å². The largest absolute Gasteiger partial charge is 0.481 e. The first kappa shape index (κ1) is 14.5. The number of aromatic nitrogens is 2. The molecule has 0 radical (unpaired) electrons. The lowest BCUT2D eigenvalue weighted by Gasteiger charge is -2.23. The van der Waals surface area contributed by atoms with E-state index in [4.69, 9.17) is 0 Å². The minimum atomic E-state index is -0.833. The van der Waals surface area contributed by atoms with E-state index in [2.05, 4.69) is 5.10 Å². The highest BCUT2D eigenvalue weighted by atomic mass is 16.6. The van der Waals surface area contributed by atoms with Gasteiger partial charge in [-0.2, -0.15) is 4.68 Å². The van der Waals surface area contributed by atoms with Crippen LogP contribution in [0.2, 0.25) is 0 Å². The summed E-state index contributed by atoms with van der Waals surface area (Å²) in [5.41, 5.74) is -0.814. The summed E-state index contributed by atoms with van der Waals surface area (Å²) in [5.74, 6) is -1.40. The van der Waals surface area contributed by atoms with Crippen LogP contribution in [0.4, 0.5) is 5.82 Å². The third kappa shape index (κ3) is 2.22. The number of rotatable bonds is 4. The molecular formula is C13H16N4O5. The molecule has 0 bridgehead atoms. The zero-order valence-electron chi connectivity index (χ0n) is 11.8. The van der Waals surface area contributed by atoms with Crippen molar-refractivity contribution in [2.75, 3.05) is 13.1 Å². The minimum Gasteiger partial charge on any atom is -0.481 e. The van der Waals surface area contributed by atoms with E-state index in [1.54, 1.807) is 4.90 Å². The fourth-order valence-electron chi connectivity index (χ4n) is 3.60. The van der Waals surface area contributed by atoms with Crippen molar-refractivity contribution < 1.29 is 19.6 Å². The Bertz CT molecular complexity index is 642. The molecule has 9 nitrogen and oxygen atoms in total. The minimum absolute atomic E-state index is 0.000840. The maximum absolute atomic E-state index is 12.3.